The lowest BCUT2D eigenvalue weighted by atomic mass is 10.1. The van der Waals surface area contributed by atoms with Crippen LogP contribution in [-0.4, -0.2) is 11.1 Å². The van der Waals surface area contributed by atoms with Gasteiger partial charge in [-0.3, -0.25) is 4.79 Å². The van der Waals surface area contributed by atoms with Gasteiger partial charge in [-0.1, -0.05) is 23.4 Å². The highest BCUT2D eigenvalue weighted by Crippen LogP contribution is 2.16. The molecular weight excluding hydrogens is 214 g/mol. The third-order valence-corrected chi connectivity index (χ3v) is 1.87. The van der Waals surface area contributed by atoms with Crippen molar-refractivity contribution in [2.45, 2.75) is 6.42 Å². The molecule has 0 amide bonds. The zero-order valence-electron chi connectivity index (χ0n) is 7.62. The first kappa shape index (κ1) is 11.1. The van der Waals surface area contributed by atoms with Crippen molar-refractivity contribution in [2.24, 2.45) is 0 Å². The van der Waals surface area contributed by atoms with E-state index >= 15 is 0 Å². The van der Waals surface area contributed by atoms with Gasteiger partial charge in [-0.25, -0.2) is 0 Å². The second kappa shape index (κ2) is 5.05. The second-order valence-corrected chi connectivity index (χ2v) is 3.09. The van der Waals surface area contributed by atoms with Crippen LogP contribution in [-0.2, 0) is 4.79 Å². The summed E-state index contributed by atoms with van der Waals surface area (Å²) in [4.78, 5) is 10.2. The first-order valence-electron chi connectivity index (χ1n) is 4.04. The minimum absolute atomic E-state index is 0.211. The summed E-state index contributed by atoms with van der Waals surface area (Å²) in [5, 5.41) is 17.3. The van der Waals surface area contributed by atoms with Crippen molar-refractivity contribution >= 4 is 17.6 Å². The molecule has 0 fully saturated rings. The summed E-state index contributed by atoms with van der Waals surface area (Å²) in [5.74, 6) is 4.15. The van der Waals surface area contributed by atoms with Gasteiger partial charge in [0.15, 0.2) is 0 Å². The van der Waals surface area contributed by atoms with Crippen LogP contribution in [0.1, 0.15) is 17.5 Å². The monoisotopic (exact) mass is 219 g/mol. The van der Waals surface area contributed by atoms with Crippen molar-refractivity contribution in [1.29, 1.82) is 5.26 Å². The van der Waals surface area contributed by atoms with Crippen LogP contribution in [0.15, 0.2) is 18.2 Å². The molecule has 0 saturated carbocycles. The molecule has 0 heterocycles. The van der Waals surface area contributed by atoms with Crippen LogP contribution in [0.3, 0.4) is 0 Å². The van der Waals surface area contributed by atoms with Crippen molar-refractivity contribution in [3.05, 3.63) is 34.3 Å². The maximum atomic E-state index is 10.2. The summed E-state index contributed by atoms with van der Waals surface area (Å²) in [7, 11) is 0. The summed E-state index contributed by atoms with van der Waals surface area (Å²) >= 11 is 5.76. The van der Waals surface area contributed by atoms with E-state index in [1.165, 1.54) is 6.07 Å². The molecule has 74 valence electrons. The molecule has 4 heteroatoms. The molecular formula is C11H6ClNO2. The molecule has 0 saturated heterocycles. The summed E-state index contributed by atoms with van der Waals surface area (Å²) in [6.07, 6.45) is -0.211. The molecule has 1 aromatic carbocycles. The SMILES string of the molecule is N#Cc1ccc(C#CCC(=O)O)cc1Cl. The molecule has 1 N–H and O–H groups in total. The number of aliphatic carboxylic acids is 1. The predicted octanol–water partition coefficient (Wildman–Crippen LogP) is 2.04. The molecule has 0 unspecified atom stereocenters. The number of carboxylic acid groups (broad SMARTS) is 1. The van der Waals surface area contributed by atoms with E-state index in [1.807, 2.05) is 6.07 Å². The fourth-order valence-corrected chi connectivity index (χ4v) is 1.13. The van der Waals surface area contributed by atoms with Crippen LogP contribution < -0.4 is 0 Å². The maximum absolute atomic E-state index is 10.2. The van der Waals surface area contributed by atoms with Gasteiger partial charge in [-0.15, -0.1) is 0 Å². The van der Waals surface area contributed by atoms with E-state index in [2.05, 4.69) is 11.8 Å². The summed E-state index contributed by atoms with van der Waals surface area (Å²) in [6, 6.07) is 6.63. The molecule has 0 atom stereocenters. The maximum Gasteiger partial charge on any atom is 0.315 e. The number of hydrogen-bond donors (Lipinski definition) is 1. The van der Waals surface area contributed by atoms with Crippen LogP contribution in [0, 0.1) is 23.2 Å². The first-order chi connectivity index (χ1) is 7.13. The normalized spacial score (nSPS) is 8.53. The Morgan fingerprint density at radius 2 is 2.27 bits per heavy atom. The Kier molecular flexibility index (Phi) is 3.74. The van der Waals surface area contributed by atoms with Gasteiger partial charge in [0.1, 0.15) is 12.5 Å². The lowest BCUT2D eigenvalue weighted by Gasteiger charge is -1.94. The highest BCUT2D eigenvalue weighted by molar-refractivity contribution is 6.31. The Balaban J connectivity index is 2.88. The van der Waals surface area contributed by atoms with Crippen molar-refractivity contribution in [3.63, 3.8) is 0 Å². The summed E-state index contributed by atoms with van der Waals surface area (Å²) < 4.78 is 0. The fourth-order valence-electron chi connectivity index (χ4n) is 0.905. The molecule has 0 radical (unpaired) electrons. The number of hydrogen-bond acceptors (Lipinski definition) is 2. The predicted molar refractivity (Wildman–Crippen MR) is 55.3 cm³/mol. The first-order valence-corrected chi connectivity index (χ1v) is 4.41. The lowest BCUT2D eigenvalue weighted by Crippen LogP contribution is -1.90. The van der Waals surface area contributed by atoms with E-state index in [9.17, 15) is 4.79 Å². The van der Waals surface area contributed by atoms with Crippen molar-refractivity contribution in [2.75, 3.05) is 0 Å². The molecule has 0 aliphatic rings. The highest BCUT2D eigenvalue weighted by Gasteiger charge is 1.98. The summed E-state index contributed by atoms with van der Waals surface area (Å²) in [6.45, 7) is 0. The standard InChI is InChI=1S/C11H6ClNO2/c12-10-6-8(2-1-3-11(14)15)4-5-9(10)7-13/h4-6H,3H2,(H,14,15). The van der Waals surface area contributed by atoms with Crippen LogP contribution in [0.4, 0.5) is 0 Å². The number of benzene rings is 1. The smallest absolute Gasteiger partial charge is 0.315 e. The highest BCUT2D eigenvalue weighted by atomic mass is 35.5. The molecule has 0 aliphatic carbocycles. The Hall–Kier alpha value is -1.97. The number of carbonyl (C=O) groups is 1. The summed E-state index contributed by atoms with van der Waals surface area (Å²) in [5.41, 5.74) is 0.973. The number of rotatable bonds is 1. The van der Waals surface area contributed by atoms with Gasteiger partial charge in [0.25, 0.3) is 0 Å². The van der Waals surface area contributed by atoms with Gasteiger partial charge >= 0.3 is 5.97 Å². The van der Waals surface area contributed by atoms with Gasteiger partial charge in [0, 0.05) is 5.56 Å². The van der Waals surface area contributed by atoms with E-state index in [0.717, 1.165) is 0 Å². The molecule has 3 nitrogen and oxygen atoms in total. The average molecular weight is 220 g/mol. The van der Waals surface area contributed by atoms with E-state index in [1.54, 1.807) is 12.1 Å². The van der Waals surface area contributed by atoms with Gasteiger partial charge < -0.3 is 5.11 Å². The minimum atomic E-state index is -0.970. The Morgan fingerprint density at radius 3 is 2.80 bits per heavy atom. The lowest BCUT2D eigenvalue weighted by molar-refractivity contribution is -0.135. The third kappa shape index (κ3) is 3.34. The minimum Gasteiger partial charge on any atom is -0.481 e. The molecule has 15 heavy (non-hydrogen) atoms. The van der Waals surface area contributed by atoms with Crippen LogP contribution in [0.5, 0.6) is 0 Å². The zero-order chi connectivity index (χ0) is 11.3. The van der Waals surface area contributed by atoms with E-state index < -0.39 is 5.97 Å². The quantitative estimate of drug-likeness (QED) is 0.736. The fraction of sp³-hybridized carbons (Fsp3) is 0.0909. The number of nitriles is 1. The molecule has 0 bridgehead atoms. The molecule has 1 aromatic rings. The van der Waals surface area contributed by atoms with Crippen LogP contribution in [0.2, 0.25) is 5.02 Å². The Bertz CT molecular complexity index is 492. The molecule has 0 spiro atoms. The van der Waals surface area contributed by atoms with Crippen LogP contribution >= 0.6 is 11.6 Å². The third-order valence-electron chi connectivity index (χ3n) is 1.56. The number of halogens is 1. The zero-order valence-corrected chi connectivity index (χ0v) is 8.38. The van der Waals surface area contributed by atoms with Gasteiger partial charge in [0.2, 0.25) is 0 Å². The van der Waals surface area contributed by atoms with Gasteiger partial charge in [0.05, 0.1) is 10.6 Å². The van der Waals surface area contributed by atoms with Crippen molar-refractivity contribution < 1.29 is 9.90 Å². The van der Waals surface area contributed by atoms with Crippen molar-refractivity contribution in [3.8, 4) is 17.9 Å². The average Bonchev–Trinajstić information content (AvgIpc) is 2.17. The van der Waals surface area contributed by atoms with Crippen molar-refractivity contribution in [1.82, 2.24) is 0 Å². The molecule has 0 aliphatic heterocycles. The van der Waals surface area contributed by atoms with E-state index in [4.69, 9.17) is 22.0 Å². The Labute approximate surface area is 91.9 Å². The molecule has 0 aromatic heterocycles. The largest absolute Gasteiger partial charge is 0.481 e. The van der Waals surface area contributed by atoms with E-state index in [0.29, 0.717) is 16.1 Å². The second-order valence-electron chi connectivity index (χ2n) is 2.68. The number of nitrogens with zero attached hydrogens (tertiary/aromatic N) is 1. The number of carboxylic acids is 1. The van der Waals surface area contributed by atoms with E-state index in [-0.39, 0.29) is 6.42 Å². The molecule has 1 rings (SSSR count). The van der Waals surface area contributed by atoms with Gasteiger partial charge in [-0.2, -0.15) is 5.26 Å². The van der Waals surface area contributed by atoms with Gasteiger partial charge in [-0.05, 0) is 18.2 Å². The topological polar surface area (TPSA) is 61.1 Å². The Morgan fingerprint density at radius 1 is 1.53 bits per heavy atom. The van der Waals surface area contributed by atoms with Crippen LogP contribution in [0.25, 0.3) is 0 Å².